The van der Waals surface area contributed by atoms with E-state index >= 15 is 0 Å². The van der Waals surface area contributed by atoms with Gasteiger partial charge in [-0.15, -0.1) is 11.8 Å². The highest BCUT2D eigenvalue weighted by molar-refractivity contribution is 7.99. The number of hydrogen-bond acceptors (Lipinski definition) is 4. The highest BCUT2D eigenvalue weighted by Gasteiger charge is 2.10. The van der Waals surface area contributed by atoms with E-state index in [0.29, 0.717) is 5.25 Å². The van der Waals surface area contributed by atoms with Gasteiger partial charge in [0, 0.05) is 22.5 Å². The van der Waals surface area contributed by atoms with E-state index in [1.165, 1.54) is 4.90 Å². The van der Waals surface area contributed by atoms with Crippen LogP contribution in [0.15, 0.2) is 65.8 Å². The molecule has 0 spiro atoms. The lowest BCUT2D eigenvalue weighted by Crippen LogP contribution is -1.94. The van der Waals surface area contributed by atoms with E-state index in [4.69, 9.17) is 4.98 Å². The molecule has 0 unspecified atom stereocenters. The van der Waals surface area contributed by atoms with Crippen LogP contribution in [0.3, 0.4) is 0 Å². The van der Waals surface area contributed by atoms with Gasteiger partial charge >= 0.3 is 0 Å². The lowest BCUT2D eigenvalue weighted by Gasteiger charge is -2.10. The number of hydrogen-bond donors (Lipinski definition) is 0. The molecular formula is C18H17N3S. The number of pyridine rings is 3. The lowest BCUT2D eigenvalue weighted by atomic mass is 10.2. The van der Waals surface area contributed by atoms with E-state index in [2.05, 4.69) is 35.9 Å². The Morgan fingerprint density at radius 1 is 0.773 bits per heavy atom. The molecule has 0 aromatic carbocycles. The Balaban J connectivity index is 2.10. The molecule has 3 heterocycles. The minimum absolute atomic E-state index is 0.510. The minimum Gasteiger partial charge on any atom is -0.255 e. The Bertz CT molecular complexity index is 685. The van der Waals surface area contributed by atoms with Crippen molar-refractivity contribution in [3.05, 3.63) is 60.9 Å². The smallest absolute Gasteiger partial charge is 0.0905 e. The molecule has 0 aliphatic rings. The van der Waals surface area contributed by atoms with Crippen LogP contribution in [0.25, 0.3) is 22.8 Å². The van der Waals surface area contributed by atoms with Crippen LogP contribution in [0.5, 0.6) is 0 Å². The topological polar surface area (TPSA) is 38.7 Å². The molecule has 3 nitrogen and oxygen atoms in total. The van der Waals surface area contributed by atoms with Crippen molar-refractivity contribution in [1.82, 2.24) is 15.0 Å². The fraction of sp³-hybridized carbons (Fsp3) is 0.167. The first-order valence-electron chi connectivity index (χ1n) is 7.24. The van der Waals surface area contributed by atoms with Crippen molar-refractivity contribution in [2.45, 2.75) is 24.0 Å². The van der Waals surface area contributed by atoms with Crippen molar-refractivity contribution in [2.75, 3.05) is 0 Å². The second-order valence-corrected chi connectivity index (χ2v) is 6.82. The van der Waals surface area contributed by atoms with E-state index < -0.39 is 0 Å². The summed E-state index contributed by atoms with van der Waals surface area (Å²) in [6.45, 7) is 4.37. The molecule has 4 heteroatoms. The monoisotopic (exact) mass is 307 g/mol. The first-order chi connectivity index (χ1) is 10.7. The quantitative estimate of drug-likeness (QED) is 0.655. The zero-order valence-corrected chi connectivity index (χ0v) is 13.4. The van der Waals surface area contributed by atoms with Crippen LogP contribution in [0.2, 0.25) is 0 Å². The fourth-order valence-electron chi connectivity index (χ4n) is 2.14. The summed E-state index contributed by atoms with van der Waals surface area (Å²) in [5.41, 5.74) is 3.52. The standard InChI is InChI=1S/C18H17N3S/c1-13(2)22-14-11-17(15-7-3-5-9-19-15)21-18(12-14)16-8-4-6-10-20-16/h3-13H,1-2H3. The SMILES string of the molecule is CC(C)Sc1cc(-c2ccccn2)nc(-c2ccccn2)c1. The summed E-state index contributed by atoms with van der Waals surface area (Å²) in [5, 5.41) is 0.510. The largest absolute Gasteiger partial charge is 0.255 e. The number of nitrogens with zero attached hydrogens (tertiary/aromatic N) is 3. The molecule has 0 saturated heterocycles. The Morgan fingerprint density at radius 2 is 1.32 bits per heavy atom. The number of rotatable bonds is 4. The maximum absolute atomic E-state index is 4.74. The van der Waals surface area contributed by atoms with Crippen LogP contribution in [-0.2, 0) is 0 Å². The van der Waals surface area contributed by atoms with E-state index in [1.54, 1.807) is 12.4 Å². The second kappa shape index (κ2) is 6.71. The maximum atomic E-state index is 4.74. The first kappa shape index (κ1) is 14.7. The highest BCUT2D eigenvalue weighted by Crippen LogP contribution is 2.30. The molecule has 0 radical (unpaired) electrons. The Hall–Kier alpha value is -2.20. The van der Waals surface area contributed by atoms with Gasteiger partial charge in [0.15, 0.2) is 0 Å². The third kappa shape index (κ3) is 3.52. The molecule has 0 bridgehead atoms. The summed E-state index contributed by atoms with van der Waals surface area (Å²) >= 11 is 1.82. The average Bonchev–Trinajstić information content (AvgIpc) is 2.55. The summed E-state index contributed by atoms with van der Waals surface area (Å²) in [6.07, 6.45) is 3.58. The van der Waals surface area contributed by atoms with Gasteiger partial charge in [0.2, 0.25) is 0 Å². The molecule has 0 saturated carbocycles. The summed E-state index contributed by atoms with van der Waals surface area (Å²) in [5.74, 6) is 0. The number of thioether (sulfide) groups is 1. The molecule has 0 N–H and O–H groups in total. The first-order valence-corrected chi connectivity index (χ1v) is 8.12. The van der Waals surface area contributed by atoms with E-state index in [1.807, 2.05) is 48.2 Å². The van der Waals surface area contributed by atoms with Gasteiger partial charge in [-0.1, -0.05) is 26.0 Å². The van der Waals surface area contributed by atoms with Gasteiger partial charge in [-0.3, -0.25) is 9.97 Å². The van der Waals surface area contributed by atoms with Gasteiger partial charge in [0.1, 0.15) is 0 Å². The van der Waals surface area contributed by atoms with Crippen molar-refractivity contribution >= 4 is 11.8 Å². The molecule has 110 valence electrons. The molecular weight excluding hydrogens is 290 g/mol. The molecule has 3 rings (SSSR count). The van der Waals surface area contributed by atoms with Crippen molar-refractivity contribution in [3.8, 4) is 22.8 Å². The Kier molecular flexibility index (Phi) is 4.49. The summed E-state index contributed by atoms with van der Waals surface area (Å²) < 4.78 is 0. The molecule has 0 fully saturated rings. The van der Waals surface area contributed by atoms with Crippen LogP contribution in [-0.4, -0.2) is 20.2 Å². The van der Waals surface area contributed by atoms with Crippen LogP contribution in [0.1, 0.15) is 13.8 Å². The Morgan fingerprint density at radius 3 is 1.73 bits per heavy atom. The lowest BCUT2D eigenvalue weighted by molar-refractivity contribution is 1.10. The van der Waals surface area contributed by atoms with Crippen molar-refractivity contribution in [3.63, 3.8) is 0 Å². The second-order valence-electron chi connectivity index (χ2n) is 5.17. The molecule has 0 atom stereocenters. The van der Waals surface area contributed by atoms with E-state index in [0.717, 1.165) is 22.8 Å². The molecule has 22 heavy (non-hydrogen) atoms. The average molecular weight is 307 g/mol. The third-order valence-electron chi connectivity index (χ3n) is 3.03. The zero-order valence-electron chi connectivity index (χ0n) is 12.6. The number of aromatic nitrogens is 3. The zero-order chi connectivity index (χ0) is 15.4. The molecule has 0 aliphatic carbocycles. The van der Waals surface area contributed by atoms with Crippen molar-refractivity contribution in [2.24, 2.45) is 0 Å². The van der Waals surface area contributed by atoms with Gasteiger partial charge in [-0.05, 0) is 36.4 Å². The summed E-state index contributed by atoms with van der Waals surface area (Å²) in [7, 11) is 0. The van der Waals surface area contributed by atoms with Gasteiger partial charge in [-0.25, -0.2) is 4.98 Å². The summed E-state index contributed by atoms with van der Waals surface area (Å²) in [6, 6.07) is 15.9. The maximum Gasteiger partial charge on any atom is 0.0905 e. The summed E-state index contributed by atoms with van der Waals surface area (Å²) in [4.78, 5) is 14.8. The molecule has 3 aromatic heterocycles. The van der Waals surface area contributed by atoms with E-state index in [9.17, 15) is 0 Å². The Labute approximate surface area is 134 Å². The highest BCUT2D eigenvalue weighted by atomic mass is 32.2. The molecule has 0 aliphatic heterocycles. The van der Waals surface area contributed by atoms with Gasteiger partial charge < -0.3 is 0 Å². The molecule has 3 aromatic rings. The fourth-order valence-corrected chi connectivity index (χ4v) is 3.04. The minimum atomic E-state index is 0.510. The van der Waals surface area contributed by atoms with Gasteiger partial charge in [-0.2, -0.15) is 0 Å². The predicted molar refractivity (Wildman–Crippen MR) is 91.7 cm³/mol. The van der Waals surface area contributed by atoms with Crippen LogP contribution in [0.4, 0.5) is 0 Å². The predicted octanol–water partition coefficient (Wildman–Crippen LogP) is 4.71. The molecule has 0 amide bonds. The van der Waals surface area contributed by atoms with Crippen LogP contribution >= 0.6 is 11.8 Å². The van der Waals surface area contributed by atoms with Gasteiger partial charge in [0.25, 0.3) is 0 Å². The van der Waals surface area contributed by atoms with Gasteiger partial charge in [0.05, 0.1) is 22.8 Å². The van der Waals surface area contributed by atoms with Crippen LogP contribution < -0.4 is 0 Å². The normalized spacial score (nSPS) is 10.9. The van der Waals surface area contributed by atoms with Crippen molar-refractivity contribution < 1.29 is 0 Å². The third-order valence-corrected chi connectivity index (χ3v) is 4.00. The van der Waals surface area contributed by atoms with E-state index in [-0.39, 0.29) is 0 Å². The van der Waals surface area contributed by atoms with Crippen molar-refractivity contribution in [1.29, 1.82) is 0 Å². The van der Waals surface area contributed by atoms with Crippen LogP contribution in [0, 0.1) is 0 Å².